The van der Waals surface area contributed by atoms with Gasteiger partial charge in [0.25, 0.3) is 0 Å². The standard InChI is InChI=1S/C17H24N2O5S/c1-23-15-8-7-14(10-16(15)24-2)25(21,22)19-9-3-4-12(11-19)17(20)18-13-5-6-13/h7-8,10,12-13H,3-6,9,11H2,1-2H3,(H,18,20)/t12-/m1/s1. The van der Waals surface area contributed by atoms with Crippen LogP contribution in [0.2, 0.25) is 0 Å². The van der Waals surface area contributed by atoms with Gasteiger partial charge in [-0.1, -0.05) is 0 Å². The third kappa shape index (κ3) is 3.90. The van der Waals surface area contributed by atoms with E-state index in [9.17, 15) is 13.2 Å². The van der Waals surface area contributed by atoms with Crippen LogP contribution < -0.4 is 14.8 Å². The molecule has 0 aromatic heterocycles. The third-order valence-electron chi connectivity index (χ3n) is 4.67. The summed E-state index contributed by atoms with van der Waals surface area (Å²) < 4.78 is 37.7. The van der Waals surface area contributed by atoms with Crippen molar-refractivity contribution >= 4 is 15.9 Å². The number of rotatable bonds is 6. The molecule has 1 atom stereocenters. The molecular weight excluding hydrogens is 344 g/mol. The van der Waals surface area contributed by atoms with Gasteiger partial charge in [0, 0.05) is 25.2 Å². The van der Waals surface area contributed by atoms with Crippen molar-refractivity contribution in [3.63, 3.8) is 0 Å². The number of nitrogens with zero attached hydrogens (tertiary/aromatic N) is 1. The van der Waals surface area contributed by atoms with Crippen LogP contribution in [0.5, 0.6) is 11.5 Å². The molecule has 1 aliphatic heterocycles. The van der Waals surface area contributed by atoms with Crippen molar-refractivity contribution in [2.45, 2.75) is 36.6 Å². The van der Waals surface area contributed by atoms with Crippen molar-refractivity contribution in [3.8, 4) is 11.5 Å². The highest BCUT2D eigenvalue weighted by molar-refractivity contribution is 7.89. The second-order valence-electron chi connectivity index (χ2n) is 6.50. The average molecular weight is 368 g/mol. The molecular formula is C17H24N2O5S. The summed E-state index contributed by atoms with van der Waals surface area (Å²) in [6.07, 6.45) is 3.43. The van der Waals surface area contributed by atoms with Gasteiger partial charge >= 0.3 is 0 Å². The molecule has 0 bridgehead atoms. The molecule has 0 unspecified atom stereocenters. The Kier molecular flexibility index (Phi) is 5.19. The molecule has 2 fully saturated rings. The minimum Gasteiger partial charge on any atom is -0.493 e. The van der Waals surface area contributed by atoms with Crippen LogP contribution >= 0.6 is 0 Å². The van der Waals surface area contributed by atoms with Gasteiger partial charge in [0.2, 0.25) is 15.9 Å². The lowest BCUT2D eigenvalue weighted by Crippen LogP contribution is -2.45. The van der Waals surface area contributed by atoms with Gasteiger partial charge in [-0.05, 0) is 37.8 Å². The molecule has 1 saturated heterocycles. The van der Waals surface area contributed by atoms with Crippen LogP contribution in [0, 0.1) is 5.92 Å². The average Bonchev–Trinajstić information content (AvgIpc) is 3.45. The number of carbonyl (C=O) groups is 1. The number of piperidine rings is 1. The topological polar surface area (TPSA) is 84.9 Å². The molecule has 0 radical (unpaired) electrons. The van der Waals surface area contributed by atoms with Crippen molar-refractivity contribution in [3.05, 3.63) is 18.2 Å². The Bertz CT molecular complexity index is 745. The van der Waals surface area contributed by atoms with Crippen molar-refractivity contribution in [2.24, 2.45) is 5.92 Å². The van der Waals surface area contributed by atoms with E-state index in [4.69, 9.17) is 9.47 Å². The molecule has 3 rings (SSSR count). The largest absolute Gasteiger partial charge is 0.493 e. The lowest BCUT2D eigenvalue weighted by molar-refractivity contribution is -0.126. The van der Waals surface area contributed by atoms with Gasteiger partial charge in [0.05, 0.1) is 25.0 Å². The molecule has 7 nitrogen and oxygen atoms in total. The first-order valence-corrected chi connectivity index (χ1v) is 9.92. The van der Waals surface area contributed by atoms with E-state index in [0.717, 1.165) is 19.3 Å². The lowest BCUT2D eigenvalue weighted by Gasteiger charge is -2.31. The van der Waals surface area contributed by atoms with Gasteiger partial charge in [-0.3, -0.25) is 4.79 Å². The first-order valence-electron chi connectivity index (χ1n) is 8.48. The summed E-state index contributed by atoms with van der Waals surface area (Å²) in [6, 6.07) is 4.82. The number of sulfonamides is 1. The van der Waals surface area contributed by atoms with Crippen LogP contribution in [0.3, 0.4) is 0 Å². The molecule has 1 amide bonds. The fourth-order valence-electron chi connectivity index (χ4n) is 3.05. The molecule has 1 aromatic carbocycles. The molecule has 25 heavy (non-hydrogen) atoms. The molecule has 1 heterocycles. The van der Waals surface area contributed by atoms with Gasteiger partial charge in [-0.25, -0.2) is 8.42 Å². The van der Waals surface area contributed by atoms with Crippen LogP contribution in [-0.2, 0) is 14.8 Å². The second kappa shape index (κ2) is 7.21. The summed E-state index contributed by atoms with van der Waals surface area (Å²) in [4.78, 5) is 12.4. The van der Waals surface area contributed by atoms with Crippen molar-refractivity contribution in [2.75, 3.05) is 27.3 Å². The Morgan fingerprint density at radius 3 is 2.52 bits per heavy atom. The Labute approximate surface area is 148 Å². The predicted molar refractivity (Wildman–Crippen MR) is 92.2 cm³/mol. The summed E-state index contributed by atoms with van der Waals surface area (Å²) in [5.74, 6) is 0.518. The Morgan fingerprint density at radius 1 is 1.16 bits per heavy atom. The summed E-state index contributed by atoms with van der Waals surface area (Å²) in [5, 5.41) is 2.97. The maximum absolute atomic E-state index is 13.0. The molecule has 1 aliphatic carbocycles. The molecule has 2 aliphatic rings. The third-order valence-corrected chi connectivity index (χ3v) is 6.53. The van der Waals surface area contributed by atoms with E-state index in [-0.39, 0.29) is 29.3 Å². The quantitative estimate of drug-likeness (QED) is 0.820. The molecule has 0 spiro atoms. The van der Waals surface area contributed by atoms with Crippen molar-refractivity contribution in [1.82, 2.24) is 9.62 Å². The van der Waals surface area contributed by atoms with Crippen LogP contribution in [0.15, 0.2) is 23.1 Å². The Balaban J connectivity index is 1.77. The van der Waals surface area contributed by atoms with Gasteiger partial charge in [-0.15, -0.1) is 0 Å². The minimum atomic E-state index is -3.68. The highest BCUT2D eigenvalue weighted by atomic mass is 32.2. The number of carbonyl (C=O) groups excluding carboxylic acids is 1. The van der Waals surface area contributed by atoms with Gasteiger partial charge < -0.3 is 14.8 Å². The number of hydrogen-bond acceptors (Lipinski definition) is 5. The van der Waals surface area contributed by atoms with E-state index < -0.39 is 10.0 Å². The summed E-state index contributed by atoms with van der Waals surface area (Å²) in [5.41, 5.74) is 0. The molecule has 1 aromatic rings. The summed E-state index contributed by atoms with van der Waals surface area (Å²) >= 11 is 0. The highest BCUT2D eigenvalue weighted by Gasteiger charge is 2.35. The van der Waals surface area contributed by atoms with Gasteiger partial charge in [-0.2, -0.15) is 4.31 Å². The number of ether oxygens (including phenoxy) is 2. The van der Waals surface area contributed by atoms with Crippen LogP contribution in [0.4, 0.5) is 0 Å². The first-order chi connectivity index (χ1) is 12.0. The SMILES string of the molecule is COc1ccc(S(=O)(=O)N2CCC[C@@H](C(=O)NC3CC3)C2)cc1OC. The van der Waals surface area contributed by atoms with Crippen molar-refractivity contribution < 1.29 is 22.7 Å². The number of benzene rings is 1. The van der Waals surface area contributed by atoms with Gasteiger partial charge in [0.15, 0.2) is 11.5 Å². The van der Waals surface area contributed by atoms with E-state index in [1.165, 1.54) is 30.7 Å². The molecule has 138 valence electrons. The molecule has 1 N–H and O–H groups in total. The zero-order valence-electron chi connectivity index (χ0n) is 14.5. The summed E-state index contributed by atoms with van der Waals surface area (Å²) in [6.45, 7) is 0.638. The maximum Gasteiger partial charge on any atom is 0.243 e. The number of methoxy groups -OCH3 is 2. The van der Waals surface area contributed by atoms with Crippen molar-refractivity contribution in [1.29, 1.82) is 0 Å². The van der Waals surface area contributed by atoms with Crippen LogP contribution in [-0.4, -0.2) is 52.0 Å². The number of nitrogens with one attached hydrogen (secondary N) is 1. The Hall–Kier alpha value is -1.80. The van der Waals surface area contributed by atoms with E-state index in [2.05, 4.69) is 5.32 Å². The summed E-state index contributed by atoms with van der Waals surface area (Å²) in [7, 11) is -0.716. The predicted octanol–water partition coefficient (Wildman–Crippen LogP) is 1.38. The first kappa shape index (κ1) is 18.0. The fraction of sp³-hybridized carbons (Fsp3) is 0.588. The monoisotopic (exact) mass is 368 g/mol. The van der Waals surface area contributed by atoms with E-state index in [0.29, 0.717) is 24.5 Å². The zero-order valence-corrected chi connectivity index (χ0v) is 15.3. The normalized spacial score (nSPS) is 21.6. The van der Waals surface area contributed by atoms with E-state index >= 15 is 0 Å². The minimum absolute atomic E-state index is 0.0327. The number of amides is 1. The molecule has 1 saturated carbocycles. The number of hydrogen-bond donors (Lipinski definition) is 1. The second-order valence-corrected chi connectivity index (χ2v) is 8.44. The Morgan fingerprint density at radius 2 is 1.88 bits per heavy atom. The van der Waals surface area contributed by atoms with Crippen LogP contribution in [0.1, 0.15) is 25.7 Å². The van der Waals surface area contributed by atoms with Gasteiger partial charge in [0.1, 0.15) is 0 Å². The lowest BCUT2D eigenvalue weighted by atomic mass is 9.99. The fourth-order valence-corrected chi connectivity index (χ4v) is 4.59. The zero-order chi connectivity index (χ0) is 18.0. The molecule has 8 heteroatoms. The van der Waals surface area contributed by atoms with E-state index in [1.807, 2.05) is 0 Å². The van der Waals surface area contributed by atoms with E-state index in [1.54, 1.807) is 6.07 Å². The maximum atomic E-state index is 13.0. The van der Waals surface area contributed by atoms with Crippen LogP contribution in [0.25, 0.3) is 0 Å². The smallest absolute Gasteiger partial charge is 0.243 e. The highest BCUT2D eigenvalue weighted by Crippen LogP contribution is 2.32.